The van der Waals surface area contributed by atoms with Crippen LogP contribution >= 0.6 is 71.0 Å². The number of hydrogen-bond acceptors (Lipinski definition) is 7. The Morgan fingerprint density at radius 1 is 1.22 bits per heavy atom. The van der Waals surface area contributed by atoms with Crippen LogP contribution in [0.3, 0.4) is 0 Å². The van der Waals surface area contributed by atoms with Gasteiger partial charge in [-0.15, -0.1) is 0 Å². The summed E-state index contributed by atoms with van der Waals surface area (Å²) in [6.07, 6.45) is 1.89. The summed E-state index contributed by atoms with van der Waals surface area (Å²) in [4.78, 5) is 42.9. The molecule has 0 aliphatic rings. The van der Waals surface area contributed by atoms with E-state index in [1.807, 2.05) is 0 Å². The summed E-state index contributed by atoms with van der Waals surface area (Å²) in [6.45, 7) is -0.202. The Morgan fingerprint density at radius 3 is 2.59 bits per heavy atom. The molecule has 3 amide bonds. The van der Waals surface area contributed by atoms with Crippen molar-refractivity contribution in [3.63, 3.8) is 0 Å². The number of aromatic nitrogens is 3. The van der Waals surface area contributed by atoms with Crippen molar-refractivity contribution in [2.45, 2.75) is 0 Å². The minimum atomic E-state index is -0.909. The number of nitrogens with two attached hydrogens (primary N) is 1. The molecule has 2 heterocycles. The van der Waals surface area contributed by atoms with Gasteiger partial charge in [0.1, 0.15) is 14.8 Å². The van der Waals surface area contributed by atoms with Crippen LogP contribution in [0.1, 0.15) is 20.8 Å². The topological polar surface area (TPSA) is 144 Å². The molecule has 0 saturated carbocycles. The minimum absolute atomic E-state index is 0.00702. The molecule has 0 atom stereocenters. The molecule has 16 heteroatoms. The van der Waals surface area contributed by atoms with Gasteiger partial charge in [0.15, 0.2) is 5.82 Å². The molecule has 0 aliphatic heterocycles. The standard InChI is InChI=1S/C21H16Br3Cl2N7O4/c1-37-21(36)31-32(6-4-16(25)26)20(35)11-7-10(22)8-12(23)17(11)29-19(34)14-9-15(24)30-33(14)18-13(27)3-2-5-28-18/h2-5,7-9H,6,27H2,1H3,(H,29,34)(H,31,36). The second-order valence-electron chi connectivity index (χ2n) is 6.96. The Bertz CT molecular complexity index is 1400. The Kier molecular flexibility index (Phi) is 9.95. The number of hydrogen-bond donors (Lipinski definition) is 3. The summed E-state index contributed by atoms with van der Waals surface area (Å²) >= 11 is 21.3. The van der Waals surface area contributed by atoms with Crippen LogP contribution in [0, 0.1) is 0 Å². The van der Waals surface area contributed by atoms with E-state index in [2.05, 4.69) is 73.4 Å². The third-order valence-corrected chi connectivity index (χ3v) is 6.32. The first-order valence-corrected chi connectivity index (χ1v) is 13.1. The maximum atomic E-state index is 13.5. The molecule has 0 fully saturated rings. The fourth-order valence-corrected chi connectivity index (χ4v) is 4.79. The summed E-state index contributed by atoms with van der Waals surface area (Å²) in [5.41, 5.74) is 8.79. The number of ether oxygens (including phenoxy) is 1. The van der Waals surface area contributed by atoms with Crippen LogP contribution in [0.2, 0.25) is 0 Å². The van der Waals surface area contributed by atoms with E-state index in [4.69, 9.17) is 28.9 Å². The normalized spacial score (nSPS) is 10.4. The summed E-state index contributed by atoms with van der Waals surface area (Å²) in [7, 11) is 1.14. The molecule has 0 aliphatic carbocycles. The van der Waals surface area contributed by atoms with Crippen molar-refractivity contribution in [2.75, 3.05) is 24.7 Å². The SMILES string of the molecule is COC(=O)NN(CC=C(Cl)Cl)C(=O)c1cc(Br)cc(Br)c1NC(=O)c1cc(Br)nn1-c1ncccc1N. The highest BCUT2D eigenvalue weighted by Crippen LogP contribution is 2.32. The first kappa shape index (κ1) is 28.9. The van der Waals surface area contributed by atoms with E-state index in [9.17, 15) is 14.4 Å². The number of amides is 3. The quantitative estimate of drug-likeness (QED) is 0.287. The van der Waals surface area contributed by atoms with Crippen LogP contribution in [0.4, 0.5) is 16.2 Å². The summed E-state index contributed by atoms with van der Waals surface area (Å²) in [6, 6.07) is 7.82. The predicted octanol–water partition coefficient (Wildman–Crippen LogP) is 5.42. The zero-order valence-corrected chi connectivity index (χ0v) is 24.9. The number of anilines is 2. The Balaban J connectivity index is 2.03. The number of halogens is 5. The van der Waals surface area contributed by atoms with Gasteiger partial charge in [-0.05, 0) is 62.2 Å². The lowest BCUT2D eigenvalue weighted by molar-refractivity contribution is 0.0659. The molecule has 0 bridgehead atoms. The summed E-state index contributed by atoms with van der Waals surface area (Å²) in [5, 5.41) is 7.88. The second kappa shape index (κ2) is 12.7. The molecule has 3 rings (SSSR count). The lowest BCUT2D eigenvalue weighted by atomic mass is 10.1. The van der Waals surface area contributed by atoms with Crippen molar-refractivity contribution >= 4 is 100 Å². The number of nitrogen functional groups attached to an aromatic ring is 1. The summed E-state index contributed by atoms with van der Waals surface area (Å²) < 4.78 is 6.97. The first-order valence-electron chi connectivity index (χ1n) is 9.96. The summed E-state index contributed by atoms with van der Waals surface area (Å²) in [5.74, 6) is -1.10. The Morgan fingerprint density at radius 2 is 1.95 bits per heavy atom. The van der Waals surface area contributed by atoms with E-state index in [-0.39, 0.29) is 33.8 Å². The number of nitrogens with zero attached hydrogens (tertiary/aromatic N) is 4. The molecule has 2 aromatic heterocycles. The van der Waals surface area contributed by atoms with Crippen LogP contribution in [-0.4, -0.2) is 51.3 Å². The van der Waals surface area contributed by atoms with Gasteiger partial charge in [-0.25, -0.2) is 24.9 Å². The molecular formula is C21H16Br3Cl2N7O4. The zero-order chi connectivity index (χ0) is 27.3. The van der Waals surface area contributed by atoms with Crippen molar-refractivity contribution in [3.8, 4) is 5.82 Å². The molecule has 11 nitrogen and oxygen atoms in total. The molecule has 0 saturated heterocycles. The fraction of sp³-hybridized carbons (Fsp3) is 0.0952. The number of rotatable bonds is 6. The molecule has 194 valence electrons. The van der Waals surface area contributed by atoms with E-state index >= 15 is 0 Å². The number of benzene rings is 1. The van der Waals surface area contributed by atoms with Crippen molar-refractivity contribution in [2.24, 2.45) is 0 Å². The molecule has 37 heavy (non-hydrogen) atoms. The van der Waals surface area contributed by atoms with Crippen LogP contribution in [0.15, 0.2) is 60.6 Å². The molecule has 0 radical (unpaired) electrons. The fourth-order valence-electron chi connectivity index (χ4n) is 2.95. The highest BCUT2D eigenvalue weighted by molar-refractivity contribution is 9.11. The van der Waals surface area contributed by atoms with Crippen LogP contribution < -0.4 is 16.5 Å². The van der Waals surface area contributed by atoms with E-state index in [1.54, 1.807) is 18.2 Å². The smallest absolute Gasteiger partial charge is 0.425 e. The Labute approximate surface area is 245 Å². The molecular weight excluding hydrogens is 725 g/mol. The van der Waals surface area contributed by atoms with E-state index in [0.29, 0.717) is 19.2 Å². The number of nitrogens with one attached hydrogen (secondary N) is 2. The van der Waals surface area contributed by atoms with Crippen LogP contribution in [0.5, 0.6) is 0 Å². The van der Waals surface area contributed by atoms with Crippen LogP contribution in [0.25, 0.3) is 5.82 Å². The van der Waals surface area contributed by atoms with Crippen molar-refractivity contribution in [1.82, 2.24) is 25.2 Å². The van der Waals surface area contributed by atoms with Gasteiger partial charge in [0.25, 0.3) is 11.8 Å². The molecule has 0 unspecified atom stereocenters. The van der Waals surface area contributed by atoms with Crippen molar-refractivity contribution in [3.05, 3.63) is 71.9 Å². The van der Waals surface area contributed by atoms with Crippen molar-refractivity contribution in [1.29, 1.82) is 0 Å². The molecule has 0 spiro atoms. The second-order valence-corrected chi connectivity index (χ2v) is 10.5. The van der Waals surface area contributed by atoms with E-state index in [1.165, 1.54) is 29.1 Å². The monoisotopic (exact) mass is 737 g/mol. The first-order chi connectivity index (χ1) is 17.5. The zero-order valence-electron chi connectivity index (χ0n) is 18.6. The predicted molar refractivity (Wildman–Crippen MR) is 150 cm³/mol. The molecule has 1 aromatic carbocycles. The average Bonchev–Trinajstić information content (AvgIpc) is 3.24. The van der Waals surface area contributed by atoms with Gasteiger partial charge in [-0.1, -0.05) is 39.1 Å². The Hall–Kier alpha value is -2.65. The largest absolute Gasteiger partial charge is 0.452 e. The number of carbonyl (C=O) groups excluding carboxylic acids is 3. The lowest BCUT2D eigenvalue weighted by Gasteiger charge is -2.23. The minimum Gasteiger partial charge on any atom is -0.452 e. The maximum absolute atomic E-state index is 13.5. The van der Waals surface area contributed by atoms with Gasteiger partial charge < -0.3 is 15.8 Å². The average molecular weight is 741 g/mol. The van der Waals surface area contributed by atoms with Gasteiger partial charge >= 0.3 is 6.09 Å². The number of hydrazine groups is 1. The van der Waals surface area contributed by atoms with Gasteiger partial charge in [0.05, 0.1) is 30.6 Å². The van der Waals surface area contributed by atoms with Crippen molar-refractivity contribution < 1.29 is 19.1 Å². The highest BCUT2D eigenvalue weighted by Gasteiger charge is 2.26. The van der Waals surface area contributed by atoms with E-state index < -0.39 is 17.9 Å². The third kappa shape index (κ3) is 7.23. The van der Waals surface area contributed by atoms with Gasteiger partial charge in [0.2, 0.25) is 0 Å². The molecule has 4 N–H and O–H groups in total. The van der Waals surface area contributed by atoms with Gasteiger partial charge in [0, 0.05) is 21.2 Å². The maximum Gasteiger partial charge on any atom is 0.425 e. The van der Waals surface area contributed by atoms with Gasteiger partial charge in [-0.2, -0.15) is 5.10 Å². The third-order valence-electron chi connectivity index (χ3n) is 4.54. The highest BCUT2D eigenvalue weighted by atomic mass is 79.9. The van der Waals surface area contributed by atoms with E-state index in [0.717, 1.165) is 12.1 Å². The number of methoxy groups -OCH3 is 1. The van der Waals surface area contributed by atoms with Crippen LogP contribution in [-0.2, 0) is 4.74 Å². The van der Waals surface area contributed by atoms with Gasteiger partial charge in [-0.3, -0.25) is 9.59 Å². The number of carbonyl (C=O) groups is 3. The number of pyridine rings is 1. The molecule has 3 aromatic rings. The lowest BCUT2D eigenvalue weighted by Crippen LogP contribution is -2.46.